The number of aromatic amines is 1. The summed E-state index contributed by atoms with van der Waals surface area (Å²) in [4.78, 5) is 15.2. The van der Waals surface area contributed by atoms with E-state index in [9.17, 15) is 15.0 Å². The highest BCUT2D eigenvalue weighted by Crippen LogP contribution is 2.27. The molecule has 6 nitrogen and oxygen atoms in total. The maximum Gasteiger partial charge on any atom is 0.244 e. The summed E-state index contributed by atoms with van der Waals surface area (Å²) in [5.41, 5.74) is 2.75. The lowest BCUT2D eigenvalue weighted by atomic mass is 10.1. The predicted octanol–water partition coefficient (Wildman–Crippen LogP) is 3.35. The maximum absolute atomic E-state index is 12.0. The van der Waals surface area contributed by atoms with Crippen LogP contribution in [-0.4, -0.2) is 34.3 Å². The first-order valence-corrected chi connectivity index (χ1v) is 8.77. The van der Waals surface area contributed by atoms with Gasteiger partial charge in [0.1, 0.15) is 5.75 Å². The lowest BCUT2D eigenvalue weighted by Gasteiger charge is -2.06. The van der Waals surface area contributed by atoms with E-state index in [2.05, 4.69) is 10.3 Å². The summed E-state index contributed by atoms with van der Waals surface area (Å²) in [6.45, 7) is 2.77. The van der Waals surface area contributed by atoms with E-state index in [1.54, 1.807) is 30.3 Å². The summed E-state index contributed by atoms with van der Waals surface area (Å²) in [7, 11) is 0. The minimum absolute atomic E-state index is 0.0724. The molecule has 0 unspecified atom stereocenters. The topological polar surface area (TPSA) is 94.6 Å². The summed E-state index contributed by atoms with van der Waals surface area (Å²) in [5.74, 6) is 0.477. The van der Waals surface area contributed by atoms with Crippen LogP contribution >= 0.6 is 0 Å². The summed E-state index contributed by atoms with van der Waals surface area (Å²) in [5, 5.41) is 23.1. The van der Waals surface area contributed by atoms with Crippen LogP contribution in [0.4, 0.5) is 0 Å². The van der Waals surface area contributed by atoms with E-state index in [1.165, 1.54) is 12.1 Å². The van der Waals surface area contributed by atoms with Crippen LogP contribution in [-0.2, 0) is 11.2 Å². The fraction of sp³-hybridized carbons (Fsp3) is 0.190. The van der Waals surface area contributed by atoms with Gasteiger partial charge in [0.05, 0.1) is 6.61 Å². The molecule has 0 spiro atoms. The van der Waals surface area contributed by atoms with Gasteiger partial charge in [-0.15, -0.1) is 0 Å². The molecule has 2 aromatic carbocycles. The molecule has 27 heavy (non-hydrogen) atoms. The summed E-state index contributed by atoms with van der Waals surface area (Å²) >= 11 is 0. The number of hydrogen-bond donors (Lipinski definition) is 4. The number of benzene rings is 2. The highest BCUT2D eigenvalue weighted by atomic mass is 16.5. The summed E-state index contributed by atoms with van der Waals surface area (Å²) < 4.78 is 5.33. The Morgan fingerprint density at radius 2 is 2.07 bits per heavy atom. The molecule has 1 heterocycles. The Morgan fingerprint density at radius 3 is 2.89 bits per heavy atom. The highest BCUT2D eigenvalue weighted by Gasteiger charge is 2.05. The van der Waals surface area contributed by atoms with Gasteiger partial charge in [-0.2, -0.15) is 0 Å². The summed E-state index contributed by atoms with van der Waals surface area (Å²) in [6, 6.07) is 10.1. The van der Waals surface area contributed by atoms with Gasteiger partial charge in [-0.05, 0) is 60.9 Å². The zero-order valence-electron chi connectivity index (χ0n) is 15.0. The molecule has 0 radical (unpaired) electrons. The van der Waals surface area contributed by atoms with Crippen molar-refractivity contribution < 1.29 is 19.7 Å². The number of carbonyl (C=O) groups excluding carboxylic acids is 1. The molecular weight excluding hydrogens is 344 g/mol. The Labute approximate surface area is 157 Å². The number of phenolic OH excluding ortho intramolecular Hbond substituents is 2. The second-order valence-electron chi connectivity index (χ2n) is 6.08. The standard InChI is InChI=1S/C21H22N2O4/c1-2-27-20-11-14(3-7-19(20)25)4-8-21(26)22-10-9-15-13-23-18-6-5-16(24)12-17(15)18/h3-8,11-13,23-25H,2,9-10H2,1H3,(H,22,26)/b8-4+. The number of ether oxygens (including phenoxy) is 1. The Bertz CT molecular complexity index is 975. The number of aromatic nitrogens is 1. The average Bonchev–Trinajstić information content (AvgIpc) is 3.05. The third-order valence-corrected chi connectivity index (χ3v) is 4.16. The van der Waals surface area contributed by atoms with Crippen LogP contribution in [0, 0.1) is 0 Å². The van der Waals surface area contributed by atoms with E-state index in [0.717, 1.165) is 22.0 Å². The van der Waals surface area contributed by atoms with Gasteiger partial charge in [-0.1, -0.05) is 6.07 Å². The smallest absolute Gasteiger partial charge is 0.244 e. The molecule has 4 N–H and O–H groups in total. The molecule has 3 rings (SSSR count). The van der Waals surface area contributed by atoms with Crippen LogP contribution < -0.4 is 10.1 Å². The van der Waals surface area contributed by atoms with Crippen molar-refractivity contribution in [1.29, 1.82) is 0 Å². The number of rotatable bonds is 7. The van der Waals surface area contributed by atoms with Crippen molar-refractivity contribution in [2.75, 3.05) is 13.2 Å². The van der Waals surface area contributed by atoms with E-state index in [-0.39, 0.29) is 17.4 Å². The van der Waals surface area contributed by atoms with E-state index in [0.29, 0.717) is 25.3 Å². The minimum Gasteiger partial charge on any atom is -0.508 e. The third kappa shape index (κ3) is 4.61. The molecule has 1 aromatic heterocycles. The van der Waals surface area contributed by atoms with Crippen LogP contribution in [0.3, 0.4) is 0 Å². The first-order chi connectivity index (χ1) is 13.1. The number of nitrogens with one attached hydrogen (secondary N) is 2. The van der Waals surface area contributed by atoms with Crippen molar-refractivity contribution in [3.05, 3.63) is 59.8 Å². The van der Waals surface area contributed by atoms with Gasteiger partial charge in [0.2, 0.25) is 5.91 Å². The van der Waals surface area contributed by atoms with Crippen LogP contribution in [0.15, 0.2) is 48.7 Å². The van der Waals surface area contributed by atoms with Crippen molar-refractivity contribution in [3.63, 3.8) is 0 Å². The maximum atomic E-state index is 12.0. The number of H-pyrrole nitrogens is 1. The lowest BCUT2D eigenvalue weighted by Crippen LogP contribution is -2.23. The summed E-state index contributed by atoms with van der Waals surface area (Å²) in [6.07, 6.45) is 5.65. The van der Waals surface area contributed by atoms with Gasteiger partial charge < -0.3 is 25.3 Å². The quantitative estimate of drug-likeness (QED) is 0.482. The van der Waals surface area contributed by atoms with Crippen LogP contribution in [0.1, 0.15) is 18.1 Å². The van der Waals surface area contributed by atoms with E-state index < -0.39 is 0 Å². The average molecular weight is 366 g/mol. The zero-order valence-corrected chi connectivity index (χ0v) is 15.0. The highest BCUT2D eigenvalue weighted by molar-refractivity contribution is 5.92. The molecule has 0 atom stereocenters. The molecule has 0 fully saturated rings. The van der Waals surface area contributed by atoms with Crippen molar-refractivity contribution >= 4 is 22.9 Å². The molecule has 140 valence electrons. The minimum atomic E-state index is -0.205. The SMILES string of the molecule is CCOc1cc(/C=C/C(=O)NCCc2c[nH]c3ccc(O)cc23)ccc1O. The van der Waals surface area contributed by atoms with Crippen LogP contribution in [0.25, 0.3) is 17.0 Å². The number of phenols is 2. The molecular formula is C21H22N2O4. The van der Waals surface area contributed by atoms with E-state index in [1.807, 2.05) is 19.2 Å². The molecule has 6 heteroatoms. The number of fused-ring (bicyclic) bond motifs is 1. The van der Waals surface area contributed by atoms with Gasteiger partial charge in [0.15, 0.2) is 11.5 Å². The first kappa shape index (κ1) is 18.4. The van der Waals surface area contributed by atoms with E-state index >= 15 is 0 Å². The molecule has 0 saturated heterocycles. The Hall–Kier alpha value is -3.41. The molecule has 0 aliphatic rings. The van der Waals surface area contributed by atoms with Crippen LogP contribution in [0.5, 0.6) is 17.2 Å². The number of carbonyl (C=O) groups is 1. The lowest BCUT2D eigenvalue weighted by molar-refractivity contribution is -0.116. The number of amides is 1. The normalized spacial score (nSPS) is 11.1. The second kappa shape index (κ2) is 8.31. The van der Waals surface area contributed by atoms with Gasteiger partial charge >= 0.3 is 0 Å². The third-order valence-electron chi connectivity index (χ3n) is 4.16. The molecule has 1 amide bonds. The number of hydrogen-bond acceptors (Lipinski definition) is 4. The molecule has 0 saturated carbocycles. The fourth-order valence-electron chi connectivity index (χ4n) is 2.83. The van der Waals surface area contributed by atoms with Crippen LogP contribution in [0.2, 0.25) is 0 Å². The van der Waals surface area contributed by atoms with Crippen molar-refractivity contribution in [2.24, 2.45) is 0 Å². The molecule has 0 aliphatic heterocycles. The van der Waals surface area contributed by atoms with Gasteiger partial charge in [0, 0.05) is 29.7 Å². The zero-order chi connectivity index (χ0) is 19.2. The largest absolute Gasteiger partial charge is 0.508 e. The van der Waals surface area contributed by atoms with E-state index in [4.69, 9.17) is 4.74 Å². The fourth-order valence-corrected chi connectivity index (χ4v) is 2.83. The van der Waals surface area contributed by atoms with Gasteiger partial charge in [0.25, 0.3) is 0 Å². The second-order valence-corrected chi connectivity index (χ2v) is 6.08. The van der Waals surface area contributed by atoms with Crippen molar-refractivity contribution in [2.45, 2.75) is 13.3 Å². The van der Waals surface area contributed by atoms with Gasteiger partial charge in [-0.3, -0.25) is 4.79 Å². The Balaban J connectivity index is 1.55. The molecule has 3 aromatic rings. The van der Waals surface area contributed by atoms with Crippen molar-refractivity contribution in [1.82, 2.24) is 10.3 Å². The predicted molar refractivity (Wildman–Crippen MR) is 105 cm³/mol. The first-order valence-electron chi connectivity index (χ1n) is 8.77. The molecule has 0 bridgehead atoms. The number of aromatic hydroxyl groups is 2. The monoisotopic (exact) mass is 366 g/mol. The Kier molecular flexibility index (Phi) is 5.66. The Morgan fingerprint density at radius 1 is 1.22 bits per heavy atom. The van der Waals surface area contributed by atoms with Gasteiger partial charge in [-0.25, -0.2) is 0 Å². The van der Waals surface area contributed by atoms with Crippen molar-refractivity contribution in [3.8, 4) is 17.2 Å². The molecule has 0 aliphatic carbocycles.